The highest BCUT2D eigenvalue weighted by atomic mass is 16.2. The van der Waals surface area contributed by atoms with Crippen molar-refractivity contribution in [2.45, 2.75) is 37.6 Å². The number of rotatable bonds is 3. The molecule has 1 amide bonds. The average Bonchev–Trinajstić information content (AvgIpc) is 2.54. The quantitative estimate of drug-likeness (QED) is 0.858. The minimum absolute atomic E-state index is 0.0356. The third kappa shape index (κ3) is 2.54. The van der Waals surface area contributed by atoms with Crippen molar-refractivity contribution in [3.63, 3.8) is 0 Å². The van der Waals surface area contributed by atoms with E-state index in [0.717, 1.165) is 44.5 Å². The molecule has 2 heterocycles. The van der Waals surface area contributed by atoms with Crippen LogP contribution in [0.15, 0.2) is 24.4 Å². The van der Waals surface area contributed by atoms with Crippen LogP contribution in [-0.4, -0.2) is 41.5 Å². The first-order chi connectivity index (χ1) is 10.7. The van der Waals surface area contributed by atoms with Crippen LogP contribution in [0.5, 0.6) is 0 Å². The number of pyridine rings is 1. The number of hydrogen-bond donors (Lipinski definition) is 0. The van der Waals surface area contributed by atoms with Crippen LogP contribution in [0.25, 0.3) is 0 Å². The molecule has 2 aliphatic rings. The van der Waals surface area contributed by atoms with Gasteiger partial charge >= 0.3 is 0 Å². The Morgan fingerprint density at radius 1 is 1.45 bits per heavy atom. The molecule has 0 aromatic carbocycles. The van der Waals surface area contributed by atoms with Crippen LogP contribution < -0.4 is 4.90 Å². The fraction of sp³-hybridized carbons (Fsp3) is 0.588. The molecule has 1 aliphatic carbocycles. The smallest absolute Gasteiger partial charge is 0.228 e. The second kappa shape index (κ2) is 5.96. The summed E-state index contributed by atoms with van der Waals surface area (Å²) in [5, 5.41) is 9.42. The predicted molar refractivity (Wildman–Crippen MR) is 84.1 cm³/mol. The van der Waals surface area contributed by atoms with Crippen molar-refractivity contribution in [2.75, 3.05) is 25.0 Å². The van der Waals surface area contributed by atoms with E-state index in [4.69, 9.17) is 0 Å². The molecule has 1 aliphatic heterocycles. The molecule has 116 valence electrons. The van der Waals surface area contributed by atoms with Crippen LogP contribution >= 0.6 is 0 Å². The molecular weight excluding hydrogens is 276 g/mol. The zero-order valence-corrected chi connectivity index (χ0v) is 13.0. The van der Waals surface area contributed by atoms with Gasteiger partial charge in [0.25, 0.3) is 0 Å². The Hall–Kier alpha value is -2.09. The Morgan fingerprint density at radius 3 is 2.86 bits per heavy atom. The maximum atomic E-state index is 12.8. The third-order valence-electron chi connectivity index (χ3n) is 5.11. The van der Waals surface area contributed by atoms with Crippen LogP contribution in [-0.2, 0) is 4.79 Å². The van der Waals surface area contributed by atoms with Gasteiger partial charge in [0.2, 0.25) is 5.91 Å². The molecule has 0 spiro atoms. The number of piperidine rings is 1. The largest absolute Gasteiger partial charge is 0.356 e. The van der Waals surface area contributed by atoms with Crippen LogP contribution in [0, 0.1) is 17.2 Å². The summed E-state index contributed by atoms with van der Waals surface area (Å²) in [5.74, 6) is 1.01. The van der Waals surface area contributed by atoms with Gasteiger partial charge in [0.05, 0.1) is 12.0 Å². The molecule has 0 N–H and O–H groups in total. The Kier molecular flexibility index (Phi) is 4.02. The summed E-state index contributed by atoms with van der Waals surface area (Å²) in [7, 11) is 1.80. The van der Waals surface area contributed by atoms with E-state index in [1.807, 2.05) is 18.2 Å². The van der Waals surface area contributed by atoms with Crippen LogP contribution in [0.1, 0.15) is 32.1 Å². The summed E-state index contributed by atoms with van der Waals surface area (Å²) < 4.78 is 0. The van der Waals surface area contributed by atoms with Gasteiger partial charge in [-0.3, -0.25) is 4.79 Å². The SMILES string of the molecule is CN(C(=O)C1CCCN(c2ccccn2)C1)C1(C#N)CCC1. The number of carbonyl (C=O) groups is 1. The fourth-order valence-corrected chi connectivity index (χ4v) is 3.45. The minimum atomic E-state index is -0.551. The monoisotopic (exact) mass is 298 g/mol. The number of aromatic nitrogens is 1. The highest BCUT2D eigenvalue weighted by molar-refractivity contribution is 5.81. The van der Waals surface area contributed by atoms with Crippen molar-refractivity contribution >= 4 is 11.7 Å². The molecule has 0 radical (unpaired) electrons. The van der Waals surface area contributed by atoms with E-state index in [0.29, 0.717) is 6.54 Å². The molecule has 0 bridgehead atoms. The molecule has 2 fully saturated rings. The Labute approximate surface area is 131 Å². The van der Waals surface area contributed by atoms with Crippen LogP contribution in [0.2, 0.25) is 0 Å². The number of nitrogens with zero attached hydrogens (tertiary/aromatic N) is 4. The summed E-state index contributed by atoms with van der Waals surface area (Å²) >= 11 is 0. The van der Waals surface area contributed by atoms with Gasteiger partial charge in [0.15, 0.2) is 0 Å². The van der Waals surface area contributed by atoms with Crippen LogP contribution in [0.3, 0.4) is 0 Å². The zero-order valence-electron chi connectivity index (χ0n) is 13.0. The molecule has 1 unspecified atom stereocenters. The second-order valence-electron chi connectivity index (χ2n) is 6.37. The molecule has 3 rings (SSSR count). The lowest BCUT2D eigenvalue weighted by Crippen LogP contribution is -2.56. The van der Waals surface area contributed by atoms with Crippen molar-refractivity contribution in [1.82, 2.24) is 9.88 Å². The molecule has 5 nitrogen and oxygen atoms in total. The number of nitriles is 1. The summed E-state index contributed by atoms with van der Waals surface area (Å²) in [6, 6.07) is 8.21. The summed E-state index contributed by atoms with van der Waals surface area (Å²) in [4.78, 5) is 21.1. The van der Waals surface area contributed by atoms with E-state index in [9.17, 15) is 10.1 Å². The topological polar surface area (TPSA) is 60.2 Å². The van der Waals surface area contributed by atoms with E-state index < -0.39 is 5.54 Å². The summed E-state index contributed by atoms with van der Waals surface area (Å²) in [6.07, 6.45) is 6.32. The molecule has 1 aromatic heterocycles. The Bertz CT molecular complexity index is 576. The number of amides is 1. The summed E-state index contributed by atoms with van der Waals surface area (Å²) in [5.41, 5.74) is -0.551. The molecule has 1 saturated carbocycles. The average molecular weight is 298 g/mol. The lowest BCUT2D eigenvalue weighted by Gasteiger charge is -2.45. The maximum Gasteiger partial charge on any atom is 0.228 e. The van der Waals surface area contributed by atoms with Crippen molar-refractivity contribution in [3.05, 3.63) is 24.4 Å². The predicted octanol–water partition coefficient (Wildman–Crippen LogP) is 2.20. The van der Waals surface area contributed by atoms with Crippen LogP contribution in [0.4, 0.5) is 5.82 Å². The first kappa shape index (κ1) is 14.8. The van der Waals surface area contributed by atoms with E-state index >= 15 is 0 Å². The first-order valence-corrected chi connectivity index (χ1v) is 8.01. The highest BCUT2D eigenvalue weighted by Crippen LogP contribution is 2.37. The molecule has 1 aromatic rings. The van der Waals surface area contributed by atoms with Gasteiger partial charge in [-0.25, -0.2) is 4.98 Å². The molecule has 1 saturated heterocycles. The third-order valence-corrected chi connectivity index (χ3v) is 5.11. The van der Waals surface area contributed by atoms with Gasteiger partial charge in [-0.15, -0.1) is 0 Å². The van der Waals surface area contributed by atoms with Gasteiger partial charge in [-0.2, -0.15) is 5.26 Å². The van der Waals surface area contributed by atoms with E-state index in [1.165, 1.54) is 0 Å². The van der Waals surface area contributed by atoms with Crippen molar-refractivity contribution in [2.24, 2.45) is 5.92 Å². The lowest BCUT2D eigenvalue weighted by molar-refractivity contribution is -0.141. The molecular formula is C17H22N4O. The standard InChI is InChI=1S/C17H22N4O/c1-20(17(13-18)8-5-9-17)16(22)14-6-4-11-21(12-14)15-7-2-3-10-19-15/h2-3,7,10,14H,4-6,8-9,11-12H2,1H3. The second-order valence-corrected chi connectivity index (χ2v) is 6.37. The van der Waals surface area contributed by atoms with Crippen molar-refractivity contribution < 1.29 is 4.79 Å². The van der Waals surface area contributed by atoms with Crippen molar-refractivity contribution in [3.8, 4) is 6.07 Å². The Morgan fingerprint density at radius 2 is 2.27 bits per heavy atom. The molecule has 5 heteroatoms. The van der Waals surface area contributed by atoms with Gasteiger partial charge in [0.1, 0.15) is 11.4 Å². The van der Waals surface area contributed by atoms with Gasteiger partial charge in [0, 0.05) is 26.3 Å². The first-order valence-electron chi connectivity index (χ1n) is 8.01. The van der Waals surface area contributed by atoms with Gasteiger partial charge in [-0.05, 0) is 44.2 Å². The fourth-order valence-electron chi connectivity index (χ4n) is 3.45. The maximum absolute atomic E-state index is 12.8. The molecule has 1 atom stereocenters. The van der Waals surface area contributed by atoms with E-state index in [2.05, 4.69) is 16.0 Å². The van der Waals surface area contributed by atoms with E-state index in [1.54, 1.807) is 18.1 Å². The number of anilines is 1. The van der Waals surface area contributed by atoms with E-state index in [-0.39, 0.29) is 11.8 Å². The zero-order chi connectivity index (χ0) is 15.6. The van der Waals surface area contributed by atoms with Crippen molar-refractivity contribution in [1.29, 1.82) is 5.26 Å². The number of carbonyl (C=O) groups excluding carboxylic acids is 1. The molecule has 22 heavy (non-hydrogen) atoms. The number of hydrogen-bond acceptors (Lipinski definition) is 4. The normalized spacial score (nSPS) is 23.3. The highest BCUT2D eigenvalue weighted by Gasteiger charge is 2.45. The van der Waals surface area contributed by atoms with Gasteiger partial charge in [-0.1, -0.05) is 6.07 Å². The summed E-state index contributed by atoms with van der Waals surface area (Å²) in [6.45, 7) is 1.63. The Balaban J connectivity index is 1.69. The lowest BCUT2D eigenvalue weighted by atomic mass is 9.76. The minimum Gasteiger partial charge on any atom is -0.356 e. The van der Waals surface area contributed by atoms with Gasteiger partial charge < -0.3 is 9.80 Å².